The smallest absolute Gasteiger partial charge is 0.282 e. The molecule has 0 rings (SSSR count). The Morgan fingerprint density at radius 1 is 1.80 bits per heavy atom. The average molecular weight is 158 g/mol. The fraction of sp³-hybridized carbons (Fsp3) is 0.286. The summed E-state index contributed by atoms with van der Waals surface area (Å²) < 4.78 is 4.72. The maximum Gasteiger partial charge on any atom is 0.282 e. The fourth-order valence-corrected chi connectivity index (χ4v) is 0.409. The number of hydrogen-bond donors (Lipinski definition) is 1. The van der Waals surface area contributed by atoms with Crippen LogP contribution < -0.4 is 0 Å². The number of aliphatic hydroxyl groups is 1. The van der Waals surface area contributed by atoms with E-state index in [0.29, 0.717) is 11.5 Å². The molecule has 56 valence electrons. The van der Waals surface area contributed by atoms with Gasteiger partial charge in [0.05, 0.1) is 0 Å². The maximum absolute atomic E-state index is 8.83. The molecule has 0 atom stereocenters. The largest absolute Gasteiger partial charge is 0.481 e. The molecule has 0 aliphatic carbocycles. The van der Waals surface area contributed by atoms with Crippen LogP contribution >= 0.6 is 12.2 Å². The SMILES string of the molecule is C=CC=C(O)OC(=S)CC. The van der Waals surface area contributed by atoms with Crippen molar-refractivity contribution in [1.29, 1.82) is 0 Å². The van der Waals surface area contributed by atoms with E-state index in [1.165, 1.54) is 12.2 Å². The molecule has 0 saturated heterocycles. The molecule has 0 unspecified atom stereocenters. The van der Waals surface area contributed by atoms with E-state index in [9.17, 15) is 0 Å². The highest BCUT2D eigenvalue weighted by Gasteiger charge is 1.95. The molecular weight excluding hydrogens is 148 g/mol. The van der Waals surface area contributed by atoms with Gasteiger partial charge >= 0.3 is 0 Å². The number of aliphatic hydroxyl groups excluding tert-OH is 1. The Morgan fingerprint density at radius 2 is 2.40 bits per heavy atom. The van der Waals surface area contributed by atoms with Gasteiger partial charge in [0.1, 0.15) is 0 Å². The van der Waals surface area contributed by atoms with Crippen LogP contribution in [-0.4, -0.2) is 10.2 Å². The van der Waals surface area contributed by atoms with E-state index >= 15 is 0 Å². The van der Waals surface area contributed by atoms with E-state index < -0.39 is 0 Å². The monoisotopic (exact) mass is 158 g/mol. The highest BCUT2D eigenvalue weighted by atomic mass is 32.1. The third-order valence-electron chi connectivity index (χ3n) is 0.768. The highest BCUT2D eigenvalue weighted by Crippen LogP contribution is 1.96. The summed E-state index contributed by atoms with van der Waals surface area (Å²) >= 11 is 4.69. The molecular formula is C7H10O2S. The van der Waals surface area contributed by atoms with E-state index in [1.54, 1.807) is 0 Å². The molecule has 0 bridgehead atoms. The lowest BCUT2D eigenvalue weighted by molar-refractivity contribution is 0.201. The summed E-state index contributed by atoms with van der Waals surface area (Å²) in [5, 5.41) is 9.20. The predicted octanol–water partition coefficient (Wildman–Crippen LogP) is 2.33. The van der Waals surface area contributed by atoms with E-state index in [-0.39, 0.29) is 5.95 Å². The zero-order valence-corrected chi connectivity index (χ0v) is 6.65. The quantitative estimate of drug-likeness (QED) is 0.388. The summed E-state index contributed by atoms with van der Waals surface area (Å²) in [5.41, 5.74) is 0. The van der Waals surface area contributed by atoms with E-state index in [1.807, 2.05) is 6.92 Å². The van der Waals surface area contributed by atoms with E-state index in [2.05, 4.69) is 18.8 Å². The first-order valence-corrected chi connectivity index (χ1v) is 3.34. The van der Waals surface area contributed by atoms with Crippen molar-refractivity contribution in [3.05, 3.63) is 24.7 Å². The average Bonchev–Trinajstić information content (AvgIpc) is 1.88. The summed E-state index contributed by atoms with van der Waals surface area (Å²) in [7, 11) is 0. The zero-order chi connectivity index (χ0) is 7.98. The minimum absolute atomic E-state index is 0.207. The number of ether oxygens (including phenoxy) is 1. The van der Waals surface area contributed by atoms with Crippen LogP contribution in [0.1, 0.15) is 13.3 Å². The number of hydrogen-bond acceptors (Lipinski definition) is 3. The van der Waals surface area contributed by atoms with Gasteiger partial charge in [-0.25, -0.2) is 0 Å². The van der Waals surface area contributed by atoms with Gasteiger partial charge in [-0.2, -0.15) is 0 Å². The predicted molar refractivity (Wildman–Crippen MR) is 44.9 cm³/mol. The molecule has 0 radical (unpaired) electrons. The van der Waals surface area contributed by atoms with Crippen molar-refractivity contribution < 1.29 is 9.84 Å². The van der Waals surface area contributed by atoms with Crippen molar-refractivity contribution in [3.63, 3.8) is 0 Å². The highest BCUT2D eigenvalue weighted by molar-refractivity contribution is 7.80. The molecule has 0 aliphatic rings. The Hall–Kier alpha value is -0.830. The van der Waals surface area contributed by atoms with Crippen LogP contribution in [0.15, 0.2) is 24.7 Å². The second kappa shape index (κ2) is 4.99. The van der Waals surface area contributed by atoms with Crippen LogP contribution in [0.25, 0.3) is 0 Å². The molecule has 1 N–H and O–H groups in total. The molecule has 2 nitrogen and oxygen atoms in total. The summed E-state index contributed by atoms with van der Waals surface area (Å²) in [4.78, 5) is 0. The van der Waals surface area contributed by atoms with Crippen molar-refractivity contribution in [1.82, 2.24) is 0 Å². The zero-order valence-electron chi connectivity index (χ0n) is 5.83. The van der Waals surface area contributed by atoms with Crippen molar-refractivity contribution >= 4 is 17.3 Å². The molecule has 3 heteroatoms. The summed E-state index contributed by atoms with van der Waals surface area (Å²) in [6, 6.07) is 0. The Bertz CT molecular complexity index is 161. The van der Waals surface area contributed by atoms with E-state index in [0.717, 1.165) is 0 Å². The molecule has 0 saturated carbocycles. The van der Waals surface area contributed by atoms with Gasteiger partial charge in [0.2, 0.25) is 0 Å². The third kappa shape index (κ3) is 4.09. The minimum atomic E-state index is -0.207. The van der Waals surface area contributed by atoms with Crippen LogP contribution in [0.3, 0.4) is 0 Å². The molecule has 0 aromatic heterocycles. The van der Waals surface area contributed by atoms with Crippen LogP contribution in [0, 0.1) is 0 Å². The van der Waals surface area contributed by atoms with Gasteiger partial charge in [0.25, 0.3) is 5.95 Å². The van der Waals surface area contributed by atoms with Gasteiger partial charge in [0, 0.05) is 12.5 Å². The fourth-order valence-electron chi connectivity index (χ4n) is 0.324. The number of allylic oxidation sites excluding steroid dienone is 2. The molecule has 0 aromatic carbocycles. The first-order valence-electron chi connectivity index (χ1n) is 2.93. The molecule has 0 amide bonds. The molecule has 0 fully saturated rings. The number of rotatable bonds is 3. The van der Waals surface area contributed by atoms with Crippen LogP contribution in [0.4, 0.5) is 0 Å². The molecule has 0 spiro atoms. The van der Waals surface area contributed by atoms with Crippen molar-refractivity contribution in [3.8, 4) is 0 Å². The van der Waals surface area contributed by atoms with Gasteiger partial charge < -0.3 is 9.84 Å². The van der Waals surface area contributed by atoms with E-state index in [4.69, 9.17) is 9.84 Å². The Kier molecular flexibility index (Phi) is 4.58. The summed E-state index contributed by atoms with van der Waals surface area (Å²) in [6.07, 6.45) is 3.37. The lowest BCUT2D eigenvalue weighted by atomic mass is 10.5. The van der Waals surface area contributed by atoms with Crippen LogP contribution in [0.5, 0.6) is 0 Å². The second-order valence-corrected chi connectivity index (χ2v) is 2.02. The first kappa shape index (κ1) is 9.17. The lowest BCUT2D eigenvalue weighted by Crippen LogP contribution is -1.98. The minimum Gasteiger partial charge on any atom is -0.481 e. The molecule has 10 heavy (non-hydrogen) atoms. The second-order valence-electron chi connectivity index (χ2n) is 1.57. The molecule has 0 aromatic rings. The van der Waals surface area contributed by atoms with Gasteiger partial charge in [-0.05, 0) is 12.2 Å². The Morgan fingerprint density at radius 3 is 2.80 bits per heavy atom. The van der Waals surface area contributed by atoms with Crippen LogP contribution in [0.2, 0.25) is 0 Å². The molecule has 0 heterocycles. The van der Waals surface area contributed by atoms with Gasteiger partial charge in [0.15, 0.2) is 5.05 Å². The lowest BCUT2D eigenvalue weighted by Gasteiger charge is -2.00. The standard InChI is InChI=1S/C7H10O2S/c1-3-5-6(8)9-7(10)4-2/h3,5,8H,1,4H2,2H3. The normalized spacial score (nSPS) is 10.7. The van der Waals surface area contributed by atoms with Crippen LogP contribution in [-0.2, 0) is 4.74 Å². The molecule has 0 aliphatic heterocycles. The van der Waals surface area contributed by atoms with Gasteiger partial charge in [-0.1, -0.05) is 19.6 Å². The van der Waals surface area contributed by atoms with Crippen molar-refractivity contribution in [2.24, 2.45) is 0 Å². The third-order valence-corrected chi connectivity index (χ3v) is 1.14. The van der Waals surface area contributed by atoms with Gasteiger partial charge in [-0.15, -0.1) is 0 Å². The summed E-state index contributed by atoms with van der Waals surface area (Å²) in [5.74, 6) is -0.207. The Labute approximate surface area is 65.8 Å². The topological polar surface area (TPSA) is 29.5 Å². The van der Waals surface area contributed by atoms with Gasteiger partial charge in [-0.3, -0.25) is 0 Å². The number of thiocarbonyl (C=S) groups is 1. The Balaban J connectivity index is 3.78. The first-order chi connectivity index (χ1) is 4.70. The van der Waals surface area contributed by atoms with Crippen molar-refractivity contribution in [2.45, 2.75) is 13.3 Å². The van der Waals surface area contributed by atoms with Crippen molar-refractivity contribution in [2.75, 3.05) is 0 Å². The summed E-state index contributed by atoms with van der Waals surface area (Å²) in [6.45, 7) is 5.22. The maximum atomic E-state index is 8.83.